The summed E-state index contributed by atoms with van der Waals surface area (Å²) in [7, 11) is 1.99. The van der Waals surface area contributed by atoms with Gasteiger partial charge in [-0.25, -0.2) is 4.98 Å². The van der Waals surface area contributed by atoms with Gasteiger partial charge in [-0.05, 0) is 25.1 Å². The van der Waals surface area contributed by atoms with Gasteiger partial charge in [-0.15, -0.1) is 0 Å². The van der Waals surface area contributed by atoms with Crippen molar-refractivity contribution in [1.29, 1.82) is 0 Å². The van der Waals surface area contributed by atoms with Gasteiger partial charge in [-0.3, -0.25) is 0 Å². The normalized spacial score (nSPS) is 10.4. The van der Waals surface area contributed by atoms with Crippen molar-refractivity contribution in [2.24, 2.45) is 7.05 Å². The molecule has 84 valence electrons. The summed E-state index contributed by atoms with van der Waals surface area (Å²) in [6.45, 7) is 2.51. The molecule has 0 radical (unpaired) electrons. The molecule has 0 aliphatic rings. The molecule has 0 bridgehead atoms. The van der Waals surface area contributed by atoms with Gasteiger partial charge in [-0.2, -0.15) is 0 Å². The highest BCUT2D eigenvalue weighted by molar-refractivity contribution is 9.10. The Morgan fingerprint density at radius 3 is 2.88 bits per heavy atom. The second kappa shape index (κ2) is 4.70. The van der Waals surface area contributed by atoms with E-state index in [1.54, 1.807) is 0 Å². The van der Waals surface area contributed by atoms with Crippen molar-refractivity contribution in [1.82, 2.24) is 9.55 Å². The highest BCUT2D eigenvalue weighted by Gasteiger charge is 2.03. The first kappa shape index (κ1) is 11.2. The fourth-order valence-corrected chi connectivity index (χ4v) is 1.76. The SMILES string of the molecule is Cc1cnc(COc2cccc(Br)c2)n1C. The van der Waals surface area contributed by atoms with Crippen molar-refractivity contribution >= 4 is 15.9 Å². The Bertz CT molecular complexity index is 494. The summed E-state index contributed by atoms with van der Waals surface area (Å²) in [5, 5.41) is 0. The fraction of sp³-hybridized carbons (Fsp3) is 0.250. The number of hydrogen-bond donors (Lipinski definition) is 0. The molecule has 0 N–H and O–H groups in total. The van der Waals surface area contributed by atoms with Gasteiger partial charge in [0.15, 0.2) is 0 Å². The van der Waals surface area contributed by atoms with Crippen LogP contribution in [-0.4, -0.2) is 9.55 Å². The molecule has 1 aromatic carbocycles. The Morgan fingerprint density at radius 2 is 2.25 bits per heavy atom. The highest BCUT2D eigenvalue weighted by Crippen LogP contribution is 2.18. The Labute approximate surface area is 103 Å². The molecule has 0 fully saturated rings. The molecule has 16 heavy (non-hydrogen) atoms. The molecule has 0 atom stereocenters. The van der Waals surface area contributed by atoms with Crippen LogP contribution in [0, 0.1) is 6.92 Å². The topological polar surface area (TPSA) is 27.1 Å². The number of aromatic nitrogens is 2. The second-order valence-corrected chi connectivity index (χ2v) is 4.54. The third-order valence-corrected chi connectivity index (χ3v) is 2.97. The molecule has 0 saturated heterocycles. The van der Waals surface area contributed by atoms with Crippen molar-refractivity contribution in [2.75, 3.05) is 0 Å². The monoisotopic (exact) mass is 280 g/mol. The molecule has 4 heteroatoms. The minimum absolute atomic E-state index is 0.487. The number of nitrogens with zero attached hydrogens (tertiary/aromatic N) is 2. The van der Waals surface area contributed by atoms with E-state index in [2.05, 4.69) is 20.9 Å². The summed E-state index contributed by atoms with van der Waals surface area (Å²) >= 11 is 3.41. The molecular formula is C12H13BrN2O. The highest BCUT2D eigenvalue weighted by atomic mass is 79.9. The van der Waals surface area contributed by atoms with Gasteiger partial charge in [0.25, 0.3) is 0 Å². The third-order valence-electron chi connectivity index (χ3n) is 2.48. The zero-order valence-electron chi connectivity index (χ0n) is 9.27. The minimum Gasteiger partial charge on any atom is -0.486 e. The van der Waals surface area contributed by atoms with Crippen molar-refractivity contribution in [3.8, 4) is 5.75 Å². The van der Waals surface area contributed by atoms with Gasteiger partial charge in [0.05, 0.1) is 0 Å². The van der Waals surface area contributed by atoms with Gasteiger partial charge in [0, 0.05) is 23.4 Å². The summed E-state index contributed by atoms with van der Waals surface area (Å²) in [4.78, 5) is 4.28. The second-order valence-electron chi connectivity index (χ2n) is 3.62. The number of benzene rings is 1. The summed E-state index contributed by atoms with van der Waals surface area (Å²) in [5.41, 5.74) is 1.13. The molecule has 0 aliphatic carbocycles. The van der Waals surface area contributed by atoms with E-state index in [9.17, 15) is 0 Å². The van der Waals surface area contributed by atoms with Crippen LogP contribution >= 0.6 is 15.9 Å². The molecule has 1 heterocycles. The van der Waals surface area contributed by atoms with Gasteiger partial charge in [0.1, 0.15) is 18.2 Å². The Kier molecular flexibility index (Phi) is 3.29. The molecular weight excluding hydrogens is 268 g/mol. The minimum atomic E-state index is 0.487. The lowest BCUT2D eigenvalue weighted by Crippen LogP contribution is -2.04. The summed E-state index contributed by atoms with van der Waals surface area (Å²) in [5.74, 6) is 1.77. The van der Waals surface area contributed by atoms with Crippen LogP contribution in [0.25, 0.3) is 0 Å². The van der Waals surface area contributed by atoms with E-state index in [-0.39, 0.29) is 0 Å². The van der Waals surface area contributed by atoms with Crippen molar-refractivity contribution in [3.05, 3.63) is 46.5 Å². The predicted molar refractivity (Wildman–Crippen MR) is 66.4 cm³/mol. The quantitative estimate of drug-likeness (QED) is 0.864. The van der Waals surface area contributed by atoms with Crippen LogP contribution in [0.3, 0.4) is 0 Å². The standard InChI is InChI=1S/C12H13BrN2O/c1-9-7-14-12(15(9)2)8-16-11-5-3-4-10(13)6-11/h3-7H,8H2,1-2H3. The first-order chi connectivity index (χ1) is 7.66. The summed E-state index contributed by atoms with van der Waals surface area (Å²) in [6, 6.07) is 7.79. The number of aryl methyl sites for hydroxylation is 1. The van der Waals surface area contributed by atoms with Crippen LogP contribution in [0.1, 0.15) is 11.5 Å². The van der Waals surface area contributed by atoms with E-state index < -0.39 is 0 Å². The summed E-state index contributed by atoms with van der Waals surface area (Å²) in [6.07, 6.45) is 1.85. The summed E-state index contributed by atoms with van der Waals surface area (Å²) < 4.78 is 8.69. The van der Waals surface area contributed by atoms with Gasteiger partial charge >= 0.3 is 0 Å². The molecule has 2 rings (SSSR count). The molecule has 0 spiro atoms. The third kappa shape index (κ3) is 2.44. The lowest BCUT2D eigenvalue weighted by atomic mass is 10.3. The van der Waals surface area contributed by atoms with E-state index in [0.717, 1.165) is 21.7 Å². The maximum absolute atomic E-state index is 5.65. The first-order valence-electron chi connectivity index (χ1n) is 5.02. The molecule has 2 aromatic rings. The molecule has 0 amide bonds. The van der Waals surface area contributed by atoms with Gasteiger partial charge in [0.2, 0.25) is 0 Å². The van der Waals surface area contributed by atoms with Crippen LogP contribution in [0.2, 0.25) is 0 Å². The molecule has 0 saturated carbocycles. The lowest BCUT2D eigenvalue weighted by molar-refractivity contribution is 0.291. The number of imidazole rings is 1. The van der Waals surface area contributed by atoms with Crippen molar-refractivity contribution in [2.45, 2.75) is 13.5 Å². The molecule has 1 aromatic heterocycles. The van der Waals surface area contributed by atoms with Crippen LogP contribution in [-0.2, 0) is 13.7 Å². The predicted octanol–water partition coefficient (Wildman–Crippen LogP) is 3.07. The zero-order chi connectivity index (χ0) is 11.5. The number of halogens is 1. The largest absolute Gasteiger partial charge is 0.486 e. The van der Waals surface area contributed by atoms with E-state index in [0.29, 0.717) is 6.61 Å². The maximum Gasteiger partial charge on any atom is 0.146 e. The van der Waals surface area contributed by atoms with Crippen LogP contribution in [0.15, 0.2) is 34.9 Å². The van der Waals surface area contributed by atoms with Gasteiger partial charge < -0.3 is 9.30 Å². The average molecular weight is 281 g/mol. The van der Waals surface area contributed by atoms with Crippen molar-refractivity contribution in [3.63, 3.8) is 0 Å². The number of ether oxygens (including phenoxy) is 1. The average Bonchev–Trinajstić information content (AvgIpc) is 2.57. The van der Waals surface area contributed by atoms with Crippen LogP contribution in [0.5, 0.6) is 5.75 Å². The van der Waals surface area contributed by atoms with E-state index in [1.165, 1.54) is 0 Å². The Hall–Kier alpha value is -1.29. The van der Waals surface area contributed by atoms with E-state index in [1.807, 2.05) is 49.0 Å². The van der Waals surface area contributed by atoms with E-state index in [4.69, 9.17) is 4.74 Å². The fourth-order valence-electron chi connectivity index (χ4n) is 1.38. The Morgan fingerprint density at radius 1 is 1.44 bits per heavy atom. The lowest BCUT2D eigenvalue weighted by Gasteiger charge is -2.07. The maximum atomic E-state index is 5.65. The zero-order valence-corrected chi connectivity index (χ0v) is 10.9. The smallest absolute Gasteiger partial charge is 0.146 e. The van der Waals surface area contributed by atoms with Crippen LogP contribution < -0.4 is 4.74 Å². The molecule has 0 unspecified atom stereocenters. The molecule has 0 aliphatic heterocycles. The molecule has 3 nitrogen and oxygen atoms in total. The van der Waals surface area contributed by atoms with Gasteiger partial charge in [-0.1, -0.05) is 22.0 Å². The number of rotatable bonds is 3. The first-order valence-corrected chi connectivity index (χ1v) is 5.81. The van der Waals surface area contributed by atoms with E-state index >= 15 is 0 Å². The van der Waals surface area contributed by atoms with Crippen molar-refractivity contribution < 1.29 is 4.74 Å². The Balaban J connectivity index is 2.05. The van der Waals surface area contributed by atoms with Crippen LogP contribution in [0.4, 0.5) is 0 Å². The number of hydrogen-bond acceptors (Lipinski definition) is 2.